The second-order valence-electron chi connectivity index (χ2n) is 6.12. The van der Waals surface area contributed by atoms with Crippen LogP contribution in [0.15, 0.2) is 24.3 Å². The summed E-state index contributed by atoms with van der Waals surface area (Å²) in [5, 5.41) is 11.1. The summed E-state index contributed by atoms with van der Waals surface area (Å²) in [6.45, 7) is 5.06. The van der Waals surface area contributed by atoms with Crippen molar-refractivity contribution in [2.75, 3.05) is 19.6 Å². The van der Waals surface area contributed by atoms with Crippen molar-refractivity contribution in [3.8, 4) is 0 Å². The van der Waals surface area contributed by atoms with E-state index in [-0.39, 0.29) is 37.4 Å². The van der Waals surface area contributed by atoms with E-state index >= 15 is 0 Å². The van der Waals surface area contributed by atoms with Gasteiger partial charge in [0.05, 0.1) is 6.54 Å². The van der Waals surface area contributed by atoms with Crippen molar-refractivity contribution in [2.24, 2.45) is 5.92 Å². The van der Waals surface area contributed by atoms with Crippen molar-refractivity contribution < 1.29 is 14.7 Å². The minimum absolute atomic E-state index is 0. The second kappa shape index (κ2) is 8.89. The number of rotatable bonds is 5. The number of hydrogen-bond acceptors (Lipinski definition) is 3. The van der Waals surface area contributed by atoms with Crippen LogP contribution in [-0.4, -0.2) is 41.5 Å². The number of amides is 1. The molecule has 0 radical (unpaired) electrons. The Morgan fingerprint density at radius 1 is 1.30 bits per heavy atom. The van der Waals surface area contributed by atoms with Crippen molar-refractivity contribution in [2.45, 2.75) is 32.7 Å². The predicted octanol–water partition coefficient (Wildman–Crippen LogP) is 2.39. The monoisotopic (exact) mass is 340 g/mol. The zero-order valence-electron chi connectivity index (χ0n) is 13.6. The van der Waals surface area contributed by atoms with Crippen LogP contribution in [0.4, 0.5) is 0 Å². The third-order valence-corrected chi connectivity index (χ3v) is 4.24. The molecule has 1 amide bonds. The number of piperidine rings is 1. The Bertz CT molecular complexity index is 533. The molecule has 0 bridgehead atoms. The number of benzene rings is 1. The molecule has 1 saturated heterocycles. The highest BCUT2D eigenvalue weighted by Gasteiger charge is 2.30. The molecule has 1 aliphatic heterocycles. The Labute approximate surface area is 143 Å². The highest BCUT2D eigenvalue weighted by molar-refractivity contribution is 5.85. The van der Waals surface area contributed by atoms with Crippen LogP contribution in [0.2, 0.25) is 0 Å². The van der Waals surface area contributed by atoms with E-state index in [0.29, 0.717) is 5.92 Å². The molecule has 1 heterocycles. The Morgan fingerprint density at radius 2 is 1.96 bits per heavy atom. The normalized spacial score (nSPS) is 21.3. The van der Waals surface area contributed by atoms with Gasteiger partial charge in [0, 0.05) is 6.04 Å². The summed E-state index contributed by atoms with van der Waals surface area (Å²) in [5.41, 5.74) is 2.45. The lowest BCUT2D eigenvalue weighted by Crippen LogP contribution is -2.45. The van der Waals surface area contributed by atoms with Crippen LogP contribution in [0.25, 0.3) is 0 Å². The molecule has 128 valence electrons. The van der Waals surface area contributed by atoms with E-state index in [1.165, 1.54) is 11.1 Å². The fourth-order valence-corrected chi connectivity index (χ4v) is 3.17. The minimum Gasteiger partial charge on any atom is -0.480 e. The van der Waals surface area contributed by atoms with Gasteiger partial charge in [-0.05, 0) is 37.8 Å². The molecule has 2 atom stereocenters. The van der Waals surface area contributed by atoms with Gasteiger partial charge in [-0.3, -0.25) is 14.5 Å². The molecule has 1 aliphatic rings. The van der Waals surface area contributed by atoms with Gasteiger partial charge in [-0.15, -0.1) is 12.4 Å². The molecular formula is C17H25ClN2O3. The molecule has 1 aromatic carbocycles. The molecule has 0 spiro atoms. The van der Waals surface area contributed by atoms with Crippen LogP contribution in [0.1, 0.15) is 36.9 Å². The summed E-state index contributed by atoms with van der Waals surface area (Å²) in [4.78, 5) is 24.6. The van der Waals surface area contributed by atoms with E-state index in [9.17, 15) is 9.59 Å². The van der Waals surface area contributed by atoms with Crippen LogP contribution in [0, 0.1) is 12.8 Å². The Morgan fingerprint density at radius 3 is 2.57 bits per heavy atom. The maximum atomic E-state index is 11.9. The second-order valence-corrected chi connectivity index (χ2v) is 6.12. The number of halogens is 1. The molecule has 2 N–H and O–H groups in total. The van der Waals surface area contributed by atoms with Crippen molar-refractivity contribution >= 4 is 24.3 Å². The lowest BCUT2D eigenvalue weighted by molar-refractivity contribution is -0.138. The van der Waals surface area contributed by atoms with E-state index in [2.05, 4.69) is 48.3 Å². The van der Waals surface area contributed by atoms with Crippen molar-refractivity contribution in [3.63, 3.8) is 0 Å². The summed E-state index contributed by atoms with van der Waals surface area (Å²) in [7, 11) is 0. The first kappa shape index (κ1) is 19.5. The summed E-state index contributed by atoms with van der Waals surface area (Å²) in [6.07, 6.45) is 2.21. The topological polar surface area (TPSA) is 69.6 Å². The quantitative estimate of drug-likeness (QED) is 0.863. The largest absolute Gasteiger partial charge is 0.480 e. The first-order valence-electron chi connectivity index (χ1n) is 7.76. The van der Waals surface area contributed by atoms with Crippen molar-refractivity contribution in [1.29, 1.82) is 0 Å². The molecule has 6 heteroatoms. The van der Waals surface area contributed by atoms with Crippen molar-refractivity contribution in [1.82, 2.24) is 10.2 Å². The van der Waals surface area contributed by atoms with Gasteiger partial charge >= 0.3 is 5.97 Å². The minimum atomic E-state index is -1.02. The van der Waals surface area contributed by atoms with Gasteiger partial charge in [-0.2, -0.15) is 0 Å². The molecule has 0 aromatic heterocycles. The smallest absolute Gasteiger partial charge is 0.322 e. The molecule has 1 aromatic rings. The average Bonchev–Trinajstić information content (AvgIpc) is 2.47. The van der Waals surface area contributed by atoms with E-state index < -0.39 is 5.97 Å². The molecule has 5 nitrogen and oxygen atoms in total. The lowest BCUT2D eigenvalue weighted by atomic mass is 9.85. The van der Waals surface area contributed by atoms with Crippen LogP contribution in [0.3, 0.4) is 0 Å². The fraction of sp³-hybridized carbons (Fsp3) is 0.529. The maximum Gasteiger partial charge on any atom is 0.322 e. The number of likely N-dealkylation sites (tertiary alicyclic amines) is 1. The van der Waals surface area contributed by atoms with E-state index in [4.69, 9.17) is 5.11 Å². The Hall–Kier alpha value is -1.59. The number of aryl methyl sites for hydroxylation is 1. The van der Waals surface area contributed by atoms with Gasteiger partial charge in [-0.1, -0.05) is 36.8 Å². The van der Waals surface area contributed by atoms with E-state index in [0.717, 1.165) is 19.4 Å². The highest BCUT2D eigenvalue weighted by Crippen LogP contribution is 2.35. The van der Waals surface area contributed by atoms with Crippen molar-refractivity contribution in [3.05, 3.63) is 35.4 Å². The van der Waals surface area contributed by atoms with Gasteiger partial charge in [0.25, 0.3) is 0 Å². The summed E-state index contributed by atoms with van der Waals surface area (Å²) < 4.78 is 0. The summed E-state index contributed by atoms with van der Waals surface area (Å²) >= 11 is 0. The molecule has 23 heavy (non-hydrogen) atoms. The first-order chi connectivity index (χ1) is 10.5. The number of hydrogen-bond donors (Lipinski definition) is 2. The number of carboxylic acids is 1. The van der Waals surface area contributed by atoms with E-state index in [1.807, 2.05) is 0 Å². The maximum absolute atomic E-state index is 11.9. The molecular weight excluding hydrogens is 316 g/mol. The van der Waals surface area contributed by atoms with Gasteiger partial charge in [0.2, 0.25) is 5.91 Å². The molecule has 0 saturated carbocycles. The zero-order chi connectivity index (χ0) is 16.1. The molecule has 0 aliphatic carbocycles. The lowest BCUT2D eigenvalue weighted by Gasteiger charge is -2.40. The van der Waals surface area contributed by atoms with Crippen LogP contribution in [-0.2, 0) is 9.59 Å². The standard InChI is InChI=1S/C17H24N2O3.ClH/c1-12-5-7-14(8-6-12)17-13(2)4-3-9-19(17)11-15(20)18-10-16(21)22;/h5-8,13,17H,3-4,9-11H2,1-2H3,(H,18,20)(H,21,22);1H. The molecule has 2 rings (SSSR count). The van der Waals surface area contributed by atoms with Gasteiger partial charge in [0.1, 0.15) is 6.54 Å². The Balaban J connectivity index is 0.00000264. The fourth-order valence-electron chi connectivity index (χ4n) is 3.17. The number of carboxylic acid groups (broad SMARTS) is 1. The number of carbonyl (C=O) groups excluding carboxylic acids is 1. The number of aliphatic carboxylic acids is 1. The summed E-state index contributed by atoms with van der Waals surface area (Å²) in [5.74, 6) is -0.771. The SMILES string of the molecule is Cc1ccc(C2C(C)CCCN2CC(=O)NCC(=O)O)cc1.Cl. The van der Waals surface area contributed by atoms with E-state index in [1.54, 1.807) is 0 Å². The average molecular weight is 341 g/mol. The molecule has 2 unspecified atom stereocenters. The highest BCUT2D eigenvalue weighted by atomic mass is 35.5. The summed E-state index contributed by atoms with van der Waals surface area (Å²) in [6, 6.07) is 8.66. The number of nitrogens with one attached hydrogen (secondary N) is 1. The van der Waals surface area contributed by atoms with Crippen LogP contribution >= 0.6 is 12.4 Å². The third kappa shape index (κ3) is 5.52. The number of nitrogens with zero attached hydrogens (tertiary/aromatic N) is 1. The number of carbonyl (C=O) groups is 2. The third-order valence-electron chi connectivity index (χ3n) is 4.24. The predicted molar refractivity (Wildman–Crippen MR) is 91.8 cm³/mol. The zero-order valence-corrected chi connectivity index (χ0v) is 14.4. The van der Waals surface area contributed by atoms with Crippen LogP contribution < -0.4 is 5.32 Å². The van der Waals surface area contributed by atoms with Gasteiger partial charge < -0.3 is 10.4 Å². The van der Waals surface area contributed by atoms with Gasteiger partial charge in [0.15, 0.2) is 0 Å². The first-order valence-corrected chi connectivity index (χ1v) is 7.76. The molecule has 1 fully saturated rings. The van der Waals surface area contributed by atoms with Gasteiger partial charge in [-0.25, -0.2) is 0 Å². The van der Waals surface area contributed by atoms with Crippen LogP contribution in [0.5, 0.6) is 0 Å². The Kier molecular flexibility index (Phi) is 7.52.